The van der Waals surface area contributed by atoms with E-state index in [4.69, 9.17) is 0 Å². The van der Waals surface area contributed by atoms with Crippen LogP contribution in [0, 0.1) is 11.8 Å². The molecule has 0 aliphatic carbocycles. The van der Waals surface area contributed by atoms with Gasteiger partial charge in [-0.3, -0.25) is 0 Å². The first kappa shape index (κ1) is 9.59. The molecule has 1 rings (SSSR count). The van der Waals surface area contributed by atoms with E-state index in [0.717, 1.165) is 19.0 Å². The fraction of sp³-hybridized carbons (Fsp3) is 0.800. The predicted molar refractivity (Wildman–Crippen MR) is 53.0 cm³/mol. The maximum atomic E-state index is 3.37. The average Bonchev–Trinajstić information content (AvgIpc) is 2.49. The Balaban J connectivity index is 2.71. The van der Waals surface area contributed by atoms with Crippen molar-refractivity contribution >= 4 is 0 Å². The Morgan fingerprint density at radius 1 is 1.25 bits per heavy atom. The predicted octanol–water partition coefficient (Wildman–Crippen LogP) is 1.36. The van der Waals surface area contributed by atoms with Crippen molar-refractivity contribution in [2.45, 2.75) is 20.8 Å². The van der Waals surface area contributed by atoms with Crippen LogP contribution >= 0.6 is 0 Å². The van der Waals surface area contributed by atoms with Crippen molar-refractivity contribution in [2.75, 3.05) is 20.1 Å². The Kier molecular flexibility index (Phi) is 3.15. The number of hydrogen-bond acceptors (Lipinski definition) is 2. The average molecular weight is 168 g/mol. The number of hydrogen-bond donors (Lipinski definition) is 2. The van der Waals surface area contributed by atoms with Crippen molar-refractivity contribution < 1.29 is 0 Å². The van der Waals surface area contributed by atoms with Gasteiger partial charge in [0.2, 0.25) is 0 Å². The molecule has 2 N–H and O–H groups in total. The normalized spacial score (nSPS) is 20.4. The Labute approximate surface area is 75.4 Å². The molecule has 0 saturated carbocycles. The highest BCUT2D eigenvalue weighted by Gasteiger charge is 2.20. The van der Waals surface area contributed by atoms with E-state index in [2.05, 4.69) is 31.4 Å². The zero-order chi connectivity index (χ0) is 9.14. The van der Waals surface area contributed by atoms with Gasteiger partial charge >= 0.3 is 0 Å². The molecular formula is C10H20N2. The van der Waals surface area contributed by atoms with Crippen LogP contribution in [0.2, 0.25) is 0 Å². The molecule has 12 heavy (non-hydrogen) atoms. The van der Waals surface area contributed by atoms with E-state index in [-0.39, 0.29) is 0 Å². The molecule has 1 unspecified atom stereocenters. The van der Waals surface area contributed by atoms with Gasteiger partial charge in [-0.25, -0.2) is 0 Å². The van der Waals surface area contributed by atoms with Crippen molar-refractivity contribution in [1.29, 1.82) is 0 Å². The molecule has 1 aliphatic rings. The molecule has 0 saturated heterocycles. The molecule has 0 aromatic rings. The van der Waals surface area contributed by atoms with Crippen LogP contribution in [0.15, 0.2) is 11.3 Å². The van der Waals surface area contributed by atoms with Gasteiger partial charge in [0.25, 0.3) is 0 Å². The molecule has 1 aliphatic heterocycles. The zero-order valence-electron chi connectivity index (χ0n) is 8.57. The molecule has 0 aromatic carbocycles. The Morgan fingerprint density at radius 3 is 2.42 bits per heavy atom. The van der Waals surface area contributed by atoms with E-state index >= 15 is 0 Å². The largest absolute Gasteiger partial charge is 0.390 e. The SMILES string of the molecule is CNC1=C(C(C)C(C)C)CNC1. The van der Waals surface area contributed by atoms with E-state index in [1.54, 1.807) is 5.57 Å². The summed E-state index contributed by atoms with van der Waals surface area (Å²) in [4.78, 5) is 0. The van der Waals surface area contributed by atoms with Gasteiger partial charge in [-0.05, 0) is 17.4 Å². The van der Waals surface area contributed by atoms with Crippen LogP contribution in [0.25, 0.3) is 0 Å². The first-order chi connectivity index (χ1) is 5.66. The van der Waals surface area contributed by atoms with Gasteiger partial charge in [-0.2, -0.15) is 0 Å². The van der Waals surface area contributed by atoms with Crippen LogP contribution in [-0.2, 0) is 0 Å². The van der Waals surface area contributed by atoms with Gasteiger partial charge < -0.3 is 10.6 Å². The molecule has 0 radical (unpaired) electrons. The van der Waals surface area contributed by atoms with Crippen LogP contribution < -0.4 is 10.6 Å². The zero-order valence-corrected chi connectivity index (χ0v) is 8.57. The summed E-state index contributed by atoms with van der Waals surface area (Å²) in [5.41, 5.74) is 2.96. The fourth-order valence-corrected chi connectivity index (χ4v) is 1.63. The first-order valence-corrected chi connectivity index (χ1v) is 4.77. The van der Waals surface area contributed by atoms with Gasteiger partial charge in [-0.15, -0.1) is 0 Å². The Bertz CT molecular complexity index is 182. The lowest BCUT2D eigenvalue weighted by Gasteiger charge is -2.18. The van der Waals surface area contributed by atoms with E-state index < -0.39 is 0 Å². The lowest BCUT2D eigenvalue weighted by Crippen LogP contribution is -2.15. The van der Waals surface area contributed by atoms with Crippen LogP contribution in [-0.4, -0.2) is 20.1 Å². The minimum absolute atomic E-state index is 0.697. The van der Waals surface area contributed by atoms with Gasteiger partial charge in [0.15, 0.2) is 0 Å². The second kappa shape index (κ2) is 3.94. The monoisotopic (exact) mass is 168 g/mol. The topological polar surface area (TPSA) is 24.1 Å². The molecule has 0 bridgehead atoms. The van der Waals surface area contributed by atoms with Crippen molar-refractivity contribution in [3.05, 3.63) is 11.3 Å². The Hall–Kier alpha value is -0.500. The third-order valence-corrected chi connectivity index (χ3v) is 2.86. The number of rotatable bonds is 3. The van der Waals surface area contributed by atoms with Gasteiger partial charge in [0.05, 0.1) is 0 Å². The smallest absolute Gasteiger partial charge is 0.0356 e. The minimum Gasteiger partial charge on any atom is -0.390 e. The minimum atomic E-state index is 0.697. The van der Waals surface area contributed by atoms with Crippen LogP contribution in [0.4, 0.5) is 0 Å². The summed E-state index contributed by atoms with van der Waals surface area (Å²) in [7, 11) is 2.01. The molecule has 1 heterocycles. The third kappa shape index (κ3) is 1.81. The lowest BCUT2D eigenvalue weighted by molar-refractivity contribution is 0.472. The van der Waals surface area contributed by atoms with Crippen molar-refractivity contribution in [3.8, 4) is 0 Å². The second-order valence-corrected chi connectivity index (χ2v) is 3.89. The number of nitrogens with one attached hydrogen (secondary N) is 2. The molecule has 70 valence electrons. The van der Waals surface area contributed by atoms with Gasteiger partial charge in [0.1, 0.15) is 0 Å². The van der Waals surface area contributed by atoms with Crippen LogP contribution in [0.3, 0.4) is 0 Å². The van der Waals surface area contributed by atoms with E-state index in [1.165, 1.54) is 5.70 Å². The fourth-order valence-electron chi connectivity index (χ4n) is 1.63. The summed E-state index contributed by atoms with van der Waals surface area (Å²) in [5.74, 6) is 1.44. The van der Waals surface area contributed by atoms with E-state index in [0.29, 0.717) is 5.92 Å². The third-order valence-electron chi connectivity index (χ3n) is 2.86. The summed E-state index contributed by atoms with van der Waals surface area (Å²) in [6.45, 7) is 8.95. The van der Waals surface area contributed by atoms with E-state index in [1.807, 2.05) is 7.05 Å². The first-order valence-electron chi connectivity index (χ1n) is 4.77. The molecule has 0 fully saturated rings. The van der Waals surface area contributed by atoms with Gasteiger partial charge in [0, 0.05) is 25.8 Å². The highest BCUT2D eigenvalue weighted by molar-refractivity contribution is 5.23. The summed E-state index contributed by atoms with van der Waals surface area (Å²) in [6.07, 6.45) is 0. The molecular weight excluding hydrogens is 148 g/mol. The molecule has 2 nitrogen and oxygen atoms in total. The summed E-state index contributed by atoms with van der Waals surface area (Å²) >= 11 is 0. The second-order valence-electron chi connectivity index (χ2n) is 3.89. The van der Waals surface area contributed by atoms with Gasteiger partial charge in [-0.1, -0.05) is 20.8 Å². The lowest BCUT2D eigenvalue weighted by atomic mass is 9.90. The van der Waals surface area contributed by atoms with Crippen molar-refractivity contribution in [2.24, 2.45) is 11.8 Å². The quantitative estimate of drug-likeness (QED) is 0.665. The van der Waals surface area contributed by atoms with Crippen LogP contribution in [0.5, 0.6) is 0 Å². The molecule has 0 aromatic heterocycles. The van der Waals surface area contributed by atoms with Crippen molar-refractivity contribution in [1.82, 2.24) is 10.6 Å². The molecule has 2 heteroatoms. The number of likely N-dealkylation sites (N-methyl/N-ethyl adjacent to an activating group) is 1. The summed E-state index contributed by atoms with van der Waals surface area (Å²) in [5, 5.41) is 6.64. The van der Waals surface area contributed by atoms with Crippen LogP contribution in [0.1, 0.15) is 20.8 Å². The van der Waals surface area contributed by atoms with E-state index in [9.17, 15) is 0 Å². The highest BCUT2D eigenvalue weighted by atomic mass is 15.0. The Morgan fingerprint density at radius 2 is 1.92 bits per heavy atom. The molecule has 1 atom stereocenters. The maximum Gasteiger partial charge on any atom is 0.0356 e. The summed E-state index contributed by atoms with van der Waals surface area (Å²) in [6, 6.07) is 0. The molecule has 0 amide bonds. The van der Waals surface area contributed by atoms with Crippen molar-refractivity contribution in [3.63, 3.8) is 0 Å². The summed E-state index contributed by atoms with van der Waals surface area (Å²) < 4.78 is 0. The molecule has 0 spiro atoms. The standard InChI is InChI=1S/C10H20N2/c1-7(2)8(3)9-5-12-6-10(9)11-4/h7-8,11-12H,5-6H2,1-4H3. The maximum absolute atomic E-state index is 3.37. The highest BCUT2D eigenvalue weighted by Crippen LogP contribution is 2.23.